The summed E-state index contributed by atoms with van der Waals surface area (Å²) in [5.74, 6) is 0. The Bertz CT molecular complexity index is 1010. The van der Waals surface area contributed by atoms with Crippen LogP contribution in [0.4, 0.5) is 5.69 Å². The predicted molar refractivity (Wildman–Crippen MR) is 127 cm³/mol. The minimum absolute atomic E-state index is 0.752. The highest BCUT2D eigenvalue weighted by Gasteiger charge is 2.20. The van der Waals surface area contributed by atoms with Crippen LogP contribution in [0, 0.1) is 6.92 Å². The van der Waals surface area contributed by atoms with Crippen LogP contribution in [0.25, 0.3) is 0 Å². The third-order valence-electron chi connectivity index (χ3n) is 5.49. The lowest BCUT2D eigenvalue weighted by Crippen LogP contribution is -2.49. The molecule has 0 bridgehead atoms. The van der Waals surface area contributed by atoms with Crippen LogP contribution < -0.4 is 5.32 Å². The second-order valence-electron chi connectivity index (χ2n) is 7.64. The van der Waals surface area contributed by atoms with Crippen LogP contribution in [0.5, 0.6) is 0 Å². The van der Waals surface area contributed by atoms with Gasteiger partial charge in [-0.1, -0.05) is 54.1 Å². The molecular weight excluding hydrogens is 414 g/mol. The number of piperazine rings is 1. The maximum atomic E-state index is 6.30. The highest BCUT2D eigenvalue weighted by molar-refractivity contribution is 7.80. The molecule has 0 atom stereocenters. The molecule has 0 unspecified atom stereocenters. The lowest BCUT2D eigenvalue weighted by atomic mass is 10.1. The van der Waals surface area contributed by atoms with Crippen LogP contribution in [-0.4, -0.2) is 50.9 Å². The maximum Gasteiger partial charge on any atom is 0.173 e. The molecule has 0 saturated carbocycles. The van der Waals surface area contributed by atoms with Gasteiger partial charge in [0.1, 0.15) is 0 Å². The van der Waals surface area contributed by atoms with Crippen LogP contribution in [0.15, 0.2) is 60.9 Å². The van der Waals surface area contributed by atoms with Crippen LogP contribution in [0.3, 0.4) is 0 Å². The van der Waals surface area contributed by atoms with Gasteiger partial charge < -0.3 is 10.2 Å². The number of hydrogen-bond donors (Lipinski definition) is 1. The molecule has 0 spiro atoms. The van der Waals surface area contributed by atoms with Gasteiger partial charge in [-0.15, -0.1) is 0 Å². The highest BCUT2D eigenvalue weighted by Crippen LogP contribution is 2.18. The first-order chi connectivity index (χ1) is 14.6. The Labute approximate surface area is 188 Å². The molecule has 4 rings (SSSR count). The topological polar surface area (TPSA) is 36.3 Å². The normalized spacial score (nSPS) is 14.7. The third kappa shape index (κ3) is 5.19. The van der Waals surface area contributed by atoms with E-state index in [1.807, 2.05) is 35.3 Å². The summed E-state index contributed by atoms with van der Waals surface area (Å²) >= 11 is 11.9. The zero-order valence-electron chi connectivity index (χ0n) is 17.1. The molecule has 1 saturated heterocycles. The Morgan fingerprint density at radius 1 is 1.00 bits per heavy atom. The molecular formula is C23H26ClN5S. The molecule has 7 heteroatoms. The molecule has 30 heavy (non-hydrogen) atoms. The Morgan fingerprint density at radius 2 is 1.70 bits per heavy atom. The van der Waals surface area contributed by atoms with Crippen LogP contribution >= 0.6 is 23.8 Å². The molecule has 2 heterocycles. The molecule has 5 nitrogen and oxygen atoms in total. The van der Waals surface area contributed by atoms with Crippen molar-refractivity contribution in [3.63, 3.8) is 0 Å². The van der Waals surface area contributed by atoms with E-state index < -0.39 is 0 Å². The lowest BCUT2D eigenvalue weighted by Gasteiger charge is -2.36. The van der Waals surface area contributed by atoms with E-state index in [-0.39, 0.29) is 0 Å². The monoisotopic (exact) mass is 439 g/mol. The van der Waals surface area contributed by atoms with E-state index in [9.17, 15) is 0 Å². The fraction of sp³-hybridized carbons (Fsp3) is 0.304. The number of aryl methyl sites for hydroxylation is 1. The maximum absolute atomic E-state index is 6.30. The van der Waals surface area contributed by atoms with Crippen molar-refractivity contribution in [1.29, 1.82) is 0 Å². The van der Waals surface area contributed by atoms with Crippen molar-refractivity contribution in [2.45, 2.75) is 20.0 Å². The molecule has 156 valence electrons. The van der Waals surface area contributed by atoms with E-state index in [0.717, 1.165) is 55.1 Å². The minimum atomic E-state index is 0.752. The molecule has 1 fully saturated rings. The van der Waals surface area contributed by atoms with Gasteiger partial charge in [0.2, 0.25) is 0 Å². The molecule has 1 aromatic heterocycles. The fourth-order valence-electron chi connectivity index (χ4n) is 3.66. The summed E-state index contributed by atoms with van der Waals surface area (Å²) < 4.78 is 1.94. The van der Waals surface area contributed by atoms with Gasteiger partial charge >= 0.3 is 0 Å². The van der Waals surface area contributed by atoms with Crippen molar-refractivity contribution in [3.8, 4) is 0 Å². The van der Waals surface area contributed by atoms with E-state index in [1.165, 1.54) is 16.7 Å². The Hall–Kier alpha value is -2.41. The molecule has 0 aliphatic carbocycles. The molecule has 1 aliphatic rings. The number of benzene rings is 2. The predicted octanol–water partition coefficient (Wildman–Crippen LogP) is 4.41. The van der Waals surface area contributed by atoms with Crippen LogP contribution in [-0.2, 0) is 13.1 Å². The van der Waals surface area contributed by atoms with Crippen molar-refractivity contribution < 1.29 is 0 Å². The number of anilines is 1. The minimum Gasteiger partial charge on any atom is -0.346 e. The molecule has 3 aromatic rings. The van der Waals surface area contributed by atoms with E-state index >= 15 is 0 Å². The van der Waals surface area contributed by atoms with Gasteiger partial charge in [-0.3, -0.25) is 9.58 Å². The van der Waals surface area contributed by atoms with Crippen molar-refractivity contribution in [2.24, 2.45) is 0 Å². The standard InChI is InChI=1S/C23H26ClN5S/c1-18-6-2-3-7-19(18)16-29-17-21(14-25-29)26-23(30)28-12-10-27(11-13-28)15-20-8-4-5-9-22(20)24/h2-9,14,17H,10-13,15-16H2,1H3,(H,26,30). The van der Waals surface area contributed by atoms with E-state index in [4.69, 9.17) is 23.8 Å². The second-order valence-corrected chi connectivity index (χ2v) is 8.43. The van der Waals surface area contributed by atoms with Gasteiger partial charge in [-0.05, 0) is 41.9 Å². The number of nitrogens with one attached hydrogen (secondary N) is 1. The van der Waals surface area contributed by atoms with Crippen LogP contribution in [0.2, 0.25) is 5.02 Å². The fourth-order valence-corrected chi connectivity index (χ4v) is 4.15. The number of rotatable bonds is 5. The summed E-state index contributed by atoms with van der Waals surface area (Å²) in [5, 5.41) is 9.40. The van der Waals surface area contributed by atoms with Crippen LogP contribution in [0.1, 0.15) is 16.7 Å². The van der Waals surface area contributed by atoms with Crippen molar-refractivity contribution >= 4 is 34.6 Å². The Balaban J connectivity index is 1.28. The van der Waals surface area contributed by atoms with Gasteiger partial charge in [0.25, 0.3) is 0 Å². The quantitative estimate of drug-likeness (QED) is 0.596. The second kappa shape index (κ2) is 9.60. The third-order valence-corrected chi connectivity index (χ3v) is 6.22. The number of hydrogen-bond acceptors (Lipinski definition) is 3. The number of thiocarbonyl (C=S) groups is 1. The lowest BCUT2D eigenvalue weighted by molar-refractivity contribution is 0.177. The molecule has 2 aromatic carbocycles. The summed E-state index contributed by atoms with van der Waals surface area (Å²) in [7, 11) is 0. The van der Waals surface area contributed by atoms with Gasteiger partial charge in [0.05, 0.1) is 18.4 Å². The largest absolute Gasteiger partial charge is 0.346 e. The average Bonchev–Trinajstić information content (AvgIpc) is 3.19. The Morgan fingerprint density at radius 3 is 2.43 bits per heavy atom. The molecule has 1 N–H and O–H groups in total. The smallest absolute Gasteiger partial charge is 0.173 e. The first-order valence-corrected chi connectivity index (χ1v) is 11.0. The molecule has 0 amide bonds. The summed E-state index contributed by atoms with van der Waals surface area (Å²) in [6.07, 6.45) is 3.84. The van der Waals surface area contributed by atoms with Gasteiger partial charge in [-0.2, -0.15) is 5.10 Å². The first-order valence-electron chi connectivity index (χ1n) is 10.2. The highest BCUT2D eigenvalue weighted by atomic mass is 35.5. The first kappa shape index (κ1) is 20.8. The molecule has 0 radical (unpaired) electrons. The van der Waals surface area contributed by atoms with Crippen molar-refractivity contribution in [1.82, 2.24) is 19.6 Å². The summed E-state index contributed by atoms with van der Waals surface area (Å²) in [6.45, 7) is 7.46. The summed E-state index contributed by atoms with van der Waals surface area (Å²) in [6, 6.07) is 16.4. The Kier molecular flexibility index (Phi) is 6.67. The average molecular weight is 440 g/mol. The van der Waals surface area contributed by atoms with Gasteiger partial charge in [-0.25, -0.2) is 0 Å². The van der Waals surface area contributed by atoms with E-state index in [0.29, 0.717) is 0 Å². The molecule has 1 aliphatic heterocycles. The van der Waals surface area contributed by atoms with E-state index in [1.54, 1.807) is 0 Å². The SMILES string of the molecule is Cc1ccccc1Cn1cc(NC(=S)N2CCN(Cc3ccccc3Cl)CC2)cn1. The summed E-state index contributed by atoms with van der Waals surface area (Å²) in [4.78, 5) is 4.64. The summed E-state index contributed by atoms with van der Waals surface area (Å²) in [5.41, 5.74) is 4.64. The number of aromatic nitrogens is 2. The number of halogens is 1. The van der Waals surface area contributed by atoms with Crippen molar-refractivity contribution in [2.75, 3.05) is 31.5 Å². The van der Waals surface area contributed by atoms with E-state index in [2.05, 4.69) is 57.5 Å². The zero-order valence-corrected chi connectivity index (χ0v) is 18.7. The number of nitrogens with zero attached hydrogens (tertiary/aromatic N) is 4. The van der Waals surface area contributed by atoms with Crippen molar-refractivity contribution in [3.05, 3.63) is 82.6 Å². The zero-order chi connectivity index (χ0) is 20.9. The van der Waals surface area contributed by atoms with Gasteiger partial charge in [0.15, 0.2) is 5.11 Å². The van der Waals surface area contributed by atoms with Gasteiger partial charge in [0, 0.05) is 43.9 Å².